The molecular weight excluding hydrogens is 436 g/mol. The highest BCUT2D eigenvalue weighted by Crippen LogP contribution is 2.67. The lowest BCUT2D eigenvalue weighted by molar-refractivity contribution is -0.177. The normalized spacial score (nSPS) is 44.5. The fourth-order valence-electron chi connectivity index (χ4n) is 8.78. The van der Waals surface area contributed by atoms with Crippen LogP contribution in [-0.4, -0.2) is 23.6 Å². The number of esters is 2. The summed E-state index contributed by atoms with van der Waals surface area (Å²) in [6, 6.07) is 8.16. The van der Waals surface area contributed by atoms with Gasteiger partial charge in [0.15, 0.2) is 5.41 Å². The molecule has 0 radical (unpaired) electrons. The first kappa shape index (κ1) is 23.1. The van der Waals surface area contributed by atoms with Crippen molar-refractivity contribution in [3.63, 3.8) is 0 Å². The molecule has 5 aliphatic rings. The third-order valence-corrected chi connectivity index (χ3v) is 11.6. The van der Waals surface area contributed by atoms with Gasteiger partial charge >= 0.3 is 11.9 Å². The topological polar surface area (TPSA) is 52.6 Å². The van der Waals surface area contributed by atoms with Crippen LogP contribution in [0.1, 0.15) is 76.3 Å². The molecule has 35 heavy (non-hydrogen) atoms. The zero-order valence-corrected chi connectivity index (χ0v) is 21.3. The summed E-state index contributed by atoms with van der Waals surface area (Å²) >= 11 is 0. The van der Waals surface area contributed by atoms with Gasteiger partial charge in [0.05, 0.1) is 0 Å². The lowest BCUT2D eigenvalue weighted by atomic mass is 9.58. The van der Waals surface area contributed by atoms with Crippen molar-refractivity contribution in [2.24, 2.45) is 34.0 Å². The summed E-state index contributed by atoms with van der Waals surface area (Å²) in [5.41, 5.74) is 0.275. The van der Waals surface area contributed by atoms with E-state index in [9.17, 15) is 9.59 Å². The summed E-state index contributed by atoms with van der Waals surface area (Å²) in [4.78, 5) is 28.4. The van der Waals surface area contributed by atoms with Crippen LogP contribution in [0.25, 0.3) is 0 Å². The summed E-state index contributed by atoms with van der Waals surface area (Å²) in [7, 11) is 0. The Hall–Kier alpha value is -2.36. The molecule has 0 aromatic heterocycles. The molecule has 1 aromatic rings. The van der Waals surface area contributed by atoms with Gasteiger partial charge in [-0.25, -0.2) is 0 Å². The molecule has 3 unspecified atom stereocenters. The number of rotatable bonds is 5. The molecule has 1 heterocycles. The predicted molar refractivity (Wildman–Crippen MR) is 134 cm³/mol. The summed E-state index contributed by atoms with van der Waals surface area (Å²) in [5, 5.41) is 0. The van der Waals surface area contributed by atoms with Gasteiger partial charge in [-0.2, -0.15) is 0 Å². The molecule has 4 heteroatoms. The maximum atomic E-state index is 14.4. The second-order valence-electron chi connectivity index (χ2n) is 12.7. The third-order valence-electron chi connectivity index (χ3n) is 11.6. The van der Waals surface area contributed by atoms with E-state index in [4.69, 9.17) is 9.47 Å². The average Bonchev–Trinajstić information content (AvgIpc) is 3.44. The second kappa shape index (κ2) is 7.33. The molecule has 1 aliphatic heterocycles. The molecule has 3 saturated carbocycles. The minimum absolute atomic E-state index is 0.0124. The standard InChI is InChI=1S/C31H38O4/c1-6-20-12-13-21(7-2)31(20)18-30(27(33)35-31,24-16-19-10-8-9-11-23(19)24)26(32)34-25-17-22-14-15-29(25,5)28(22,3)4/h6-11,20-22,24-25H,1-2,12-18H2,3-5H3/t20?,21?,22-,24?,25+,29+,30-,31?/m0/s1. The van der Waals surface area contributed by atoms with Crippen LogP contribution in [-0.2, 0) is 25.5 Å². The van der Waals surface area contributed by atoms with Gasteiger partial charge in [0.1, 0.15) is 11.7 Å². The molecular formula is C31H38O4. The second-order valence-corrected chi connectivity index (χ2v) is 12.7. The fourth-order valence-corrected chi connectivity index (χ4v) is 8.78. The van der Waals surface area contributed by atoms with Gasteiger partial charge < -0.3 is 9.47 Å². The van der Waals surface area contributed by atoms with Gasteiger partial charge in [0, 0.05) is 29.6 Å². The summed E-state index contributed by atoms with van der Waals surface area (Å²) in [6.07, 6.45) is 9.61. The van der Waals surface area contributed by atoms with Crippen molar-refractivity contribution in [2.75, 3.05) is 0 Å². The first-order chi connectivity index (χ1) is 16.6. The van der Waals surface area contributed by atoms with Crippen molar-refractivity contribution in [1.29, 1.82) is 0 Å². The van der Waals surface area contributed by atoms with Crippen LogP contribution < -0.4 is 0 Å². The van der Waals surface area contributed by atoms with E-state index in [0.717, 1.165) is 31.2 Å². The Labute approximate surface area is 209 Å². The molecule has 1 spiro atoms. The highest BCUT2D eigenvalue weighted by Gasteiger charge is 2.72. The monoisotopic (exact) mass is 474 g/mol. The van der Waals surface area contributed by atoms with E-state index in [0.29, 0.717) is 18.8 Å². The molecule has 186 valence electrons. The zero-order valence-electron chi connectivity index (χ0n) is 21.3. The minimum Gasteiger partial charge on any atom is -0.461 e. The lowest BCUT2D eigenvalue weighted by Crippen LogP contribution is -2.50. The van der Waals surface area contributed by atoms with Gasteiger partial charge in [-0.3, -0.25) is 9.59 Å². The molecule has 2 bridgehead atoms. The number of ether oxygens (including phenoxy) is 2. The van der Waals surface area contributed by atoms with Crippen molar-refractivity contribution < 1.29 is 19.1 Å². The third kappa shape index (κ3) is 2.69. The van der Waals surface area contributed by atoms with E-state index in [-0.39, 0.29) is 40.7 Å². The minimum atomic E-state index is -1.32. The molecule has 4 nitrogen and oxygen atoms in total. The van der Waals surface area contributed by atoms with E-state index < -0.39 is 17.0 Å². The van der Waals surface area contributed by atoms with Crippen LogP contribution in [0.5, 0.6) is 0 Å². The number of fused-ring (bicyclic) bond motifs is 3. The van der Waals surface area contributed by atoms with Crippen LogP contribution in [0.2, 0.25) is 0 Å². The molecule has 4 fully saturated rings. The Morgan fingerprint density at radius 2 is 1.77 bits per heavy atom. The average molecular weight is 475 g/mol. The highest BCUT2D eigenvalue weighted by molar-refractivity contribution is 6.03. The Balaban J connectivity index is 1.40. The number of hydrogen-bond acceptors (Lipinski definition) is 4. The van der Waals surface area contributed by atoms with E-state index >= 15 is 0 Å². The van der Waals surface area contributed by atoms with Crippen molar-refractivity contribution in [2.45, 2.75) is 83.3 Å². The Kier molecular flexibility index (Phi) is 4.83. The fraction of sp³-hybridized carbons (Fsp3) is 0.613. The SMILES string of the molecule is C=CC1CCC(C=C)C12C[C@@](C(=O)O[C@@H]1C[C@@H]3CC[C@@]1(C)C3(C)C)(C1Cc3ccccc31)C(=O)O2. The maximum Gasteiger partial charge on any atom is 0.324 e. The zero-order chi connectivity index (χ0) is 24.8. The first-order valence-corrected chi connectivity index (χ1v) is 13.4. The highest BCUT2D eigenvalue weighted by atomic mass is 16.6. The molecule has 0 amide bonds. The van der Waals surface area contributed by atoms with E-state index in [1.165, 1.54) is 12.0 Å². The molecule has 6 rings (SSSR count). The smallest absolute Gasteiger partial charge is 0.324 e. The molecule has 1 saturated heterocycles. The summed E-state index contributed by atoms with van der Waals surface area (Å²) in [5.74, 6) is -0.412. The number of hydrogen-bond donors (Lipinski definition) is 0. The van der Waals surface area contributed by atoms with Gasteiger partial charge in [0.2, 0.25) is 0 Å². The van der Waals surface area contributed by atoms with Gasteiger partial charge in [-0.05, 0) is 61.0 Å². The largest absolute Gasteiger partial charge is 0.461 e. The lowest BCUT2D eigenvalue weighted by Gasteiger charge is -2.43. The van der Waals surface area contributed by atoms with E-state index in [1.807, 2.05) is 24.3 Å². The van der Waals surface area contributed by atoms with E-state index in [1.54, 1.807) is 0 Å². The van der Waals surface area contributed by atoms with Crippen LogP contribution in [0.4, 0.5) is 0 Å². The van der Waals surface area contributed by atoms with Crippen molar-refractivity contribution in [3.05, 3.63) is 60.7 Å². The van der Waals surface area contributed by atoms with Gasteiger partial charge in [-0.1, -0.05) is 57.2 Å². The number of carbonyl (C=O) groups excluding carboxylic acids is 2. The Bertz CT molecular complexity index is 1100. The summed E-state index contributed by atoms with van der Waals surface area (Å²) < 4.78 is 12.8. The van der Waals surface area contributed by atoms with Crippen molar-refractivity contribution >= 4 is 11.9 Å². The summed E-state index contributed by atoms with van der Waals surface area (Å²) in [6.45, 7) is 15.0. The quantitative estimate of drug-likeness (QED) is 0.292. The van der Waals surface area contributed by atoms with Crippen LogP contribution in [0, 0.1) is 34.0 Å². The number of carbonyl (C=O) groups is 2. The first-order valence-electron chi connectivity index (χ1n) is 13.4. The number of benzene rings is 1. The van der Waals surface area contributed by atoms with Crippen molar-refractivity contribution in [1.82, 2.24) is 0 Å². The van der Waals surface area contributed by atoms with Crippen LogP contribution in [0.3, 0.4) is 0 Å². The molecule has 0 N–H and O–H groups in total. The molecule has 1 aromatic carbocycles. The molecule has 7 atom stereocenters. The Morgan fingerprint density at radius 3 is 2.34 bits per heavy atom. The molecule has 4 aliphatic carbocycles. The van der Waals surface area contributed by atoms with E-state index in [2.05, 4.69) is 46.1 Å². The van der Waals surface area contributed by atoms with Gasteiger partial charge in [0.25, 0.3) is 0 Å². The van der Waals surface area contributed by atoms with Gasteiger partial charge in [-0.15, -0.1) is 13.2 Å². The van der Waals surface area contributed by atoms with Crippen molar-refractivity contribution in [3.8, 4) is 0 Å². The van der Waals surface area contributed by atoms with Crippen LogP contribution in [0.15, 0.2) is 49.6 Å². The predicted octanol–water partition coefficient (Wildman–Crippen LogP) is 6.15. The maximum absolute atomic E-state index is 14.4. The Morgan fingerprint density at radius 1 is 1.09 bits per heavy atom. The van der Waals surface area contributed by atoms with Crippen LogP contribution >= 0.6 is 0 Å².